The zero-order chi connectivity index (χ0) is 16.5. The summed E-state index contributed by atoms with van der Waals surface area (Å²) in [5, 5.41) is -0.190. The predicted molar refractivity (Wildman–Crippen MR) is 94.0 cm³/mol. The van der Waals surface area contributed by atoms with Crippen molar-refractivity contribution in [2.24, 2.45) is 0 Å². The quantitative estimate of drug-likeness (QED) is 0.588. The van der Waals surface area contributed by atoms with Crippen LogP contribution in [0.2, 0.25) is 10.0 Å². The summed E-state index contributed by atoms with van der Waals surface area (Å²) < 4.78 is 22.9. The number of sulfone groups is 1. The van der Waals surface area contributed by atoms with Crippen molar-refractivity contribution in [3.8, 4) is 0 Å². The van der Waals surface area contributed by atoms with E-state index in [9.17, 15) is 8.42 Å². The number of hydrogen-bond acceptors (Lipinski definition) is 2. The van der Waals surface area contributed by atoms with Crippen LogP contribution in [0.1, 0.15) is 16.4 Å². The minimum absolute atomic E-state index is 0.443. The Labute approximate surface area is 153 Å². The van der Waals surface area contributed by atoms with E-state index in [0.29, 0.717) is 21.2 Å². The van der Waals surface area contributed by atoms with E-state index in [1.165, 1.54) is 0 Å². The first-order valence-electron chi connectivity index (χ1n) is 5.94. The lowest BCUT2D eigenvalue weighted by atomic mass is 10.0. The van der Waals surface area contributed by atoms with E-state index in [0.717, 1.165) is 0 Å². The van der Waals surface area contributed by atoms with E-state index in [1.54, 1.807) is 48.5 Å². The minimum Gasteiger partial charge on any atom is -0.223 e. The van der Waals surface area contributed by atoms with Gasteiger partial charge >= 0.3 is 0 Å². The van der Waals surface area contributed by atoms with Crippen molar-refractivity contribution in [3.63, 3.8) is 0 Å². The third-order valence-corrected chi connectivity index (χ3v) is 7.23. The Hall–Kier alpha value is -0.160. The average Bonchev–Trinajstić information content (AvgIpc) is 2.42. The monoisotopic (exact) mass is 416 g/mol. The molecule has 0 radical (unpaired) electrons. The molecule has 0 saturated carbocycles. The van der Waals surface area contributed by atoms with Gasteiger partial charge in [0.05, 0.1) is 0 Å². The number of alkyl halides is 3. The Morgan fingerprint density at radius 2 is 1.05 bits per heavy atom. The molecule has 0 fully saturated rings. The van der Waals surface area contributed by atoms with Gasteiger partial charge in [0.1, 0.15) is 5.25 Å². The van der Waals surface area contributed by atoms with Crippen molar-refractivity contribution in [2.75, 3.05) is 0 Å². The molecule has 2 nitrogen and oxygen atoms in total. The van der Waals surface area contributed by atoms with E-state index in [1.807, 2.05) is 0 Å². The van der Waals surface area contributed by atoms with Crippen LogP contribution < -0.4 is 0 Å². The van der Waals surface area contributed by atoms with Crippen LogP contribution >= 0.6 is 58.0 Å². The number of halogens is 5. The molecule has 8 heteroatoms. The van der Waals surface area contributed by atoms with Crippen molar-refractivity contribution in [1.29, 1.82) is 0 Å². The van der Waals surface area contributed by atoms with Gasteiger partial charge in [0.2, 0.25) is 9.84 Å². The van der Waals surface area contributed by atoms with Gasteiger partial charge in [-0.05, 0) is 35.4 Å². The highest BCUT2D eigenvalue weighted by Gasteiger charge is 2.45. The van der Waals surface area contributed by atoms with Crippen LogP contribution in [0.15, 0.2) is 48.5 Å². The van der Waals surface area contributed by atoms with Gasteiger partial charge in [-0.25, -0.2) is 8.42 Å². The number of rotatable bonds is 3. The molecule has 0 atom stereocenters. The van der Waals surface area contributed by atoms with E-state index in [4.69, 9.17) is 58.0 Å². The molecule has 0 aliphatic carbocycles. The molecule has 2 rings (SSSR count). The largest absolute Gasteiger partial charge is 0.293 e. The van der Waals surface area contributed by atoms with Crippen LogP contribution in [0, 0.1) is 0 Å². The summed E-state index contributed by atoms with van der Waals surface area (Å²) >= 11 is 28.7. The van der Waals surface area contributed by atoms with Gasteiger partial charge in [0.15, 0.2) is 0 Å². The number of hydrogen-bond donors (Lipinski definition) is 0. The fourth-order valence-electron chi connectivity index (χ4n) is 1.96. The second-order valence-corrected chi connectivity index (χ2v) is 10.5. The molecule has 2 aromatic rings. The second kappa shape index (κ2) is 6.76. The summed E-state index contributed by atoms with van der Waals surface area (Å²) in [6, 6.07) is 12.6. The van der Waals surface area contributed by atoms with E-state index in [-0.39, 0.29) is 0 Å². The van der Waals surface area contributed by atoms with Crippen molar-refractivity contribution in [2.45, 2.75) is 8.37 Å². The summed E-state index contributed by atoms with van der Waals surface area (Å²) in [6.45, 7) is 0. The minimum atomic E-state index is -4.16. The maximum Gasteiger partial charge on any atom is 0.293 e. The summed E-state index contributed by atoms with van der Waals surface area (Å²) in [5.74, 6) is 0. The molecule has 0 aliphatic rings. The summed E-state index contributed by atoms with van der Waals surface area (Å²) in [5.41, 5.74) is 0.885. The highest BCUT2D eigenvalue weighted by atomic mass is 35.6. The Kier molecular flexibility index (Phi) is 5.59. The third kappa shape index (κ3) is 3.84. The average molecular weight is 419 g/mol. The summed E-state index contributed by atoms with van der Waals surface area (Å²) in [4.78, 5) is 0. The van der Waals surface area contributed by atoms with Gasteiger partial charge < -0.3 is 0 Å². The van der Waals surface area contributed by atoms with Crippen LogP contribution in [-0.4, -0.2) is 11.5 Å². The standard InChI is InChI=1S/C14H9Cl5O2S/c15-11-5-1-9(2-6-11)13(22(20,21)14(17,18)19)10-3-7-12(16)8-4-10/h1-8,13H. The molecule has 0 aromatic heterocycles. The fraction of sp³-hybridized carbons (Fsp3) is 0.143. The predicted octanol–water partition coefficient (Wildman–Crippen LogP) is 5.83. The molecule has 0 spiro atoms. The molecule has 0 N–H and O–H groups in total. The molecule has 22 heavy (non-hydrogen) atoms. The SMILES string of the molecule is O=S(=O)(C(c1ccc(Cl)cc1)c1ccc(Cl)cc1)C(Cl)(Cl)Cl. The van der Waals surface area contributed by atoms with Crippen molar-refractivity contribution in [3.05, 3.63) is 69.7 Å². The lowest BCUT2D eigenvalue weighted by Crippen LogP contribution is -2.27. The van der Waals surface area contributed by atoms with Gasteiger partial charge in [-0.15, -0.1) is 0 Å². The normalized spacial score (nSPS) is 12.6. The zero-order valence-corrected chi connectivity index (χ0v) is 15.4. The number of benzene rings is 2. The fourth-order valence-corrected chi connectivity index (χ4v) is 4.31. The van der Waals surface area contributed by atoms with Crippen LogP contribution in [0.5, 0.6) is 0 Å². The van der Waals surface area contributed by atoms with Crippen molar-refractivity contribution < 1.29 is 8.42 Å². The molecular weight excluding hydrogens is 409 g/mol. The van der Waals surface area contributed by atoms with Crippen molar-refractivity contribution in [1.82, 2.24) is 0 Å². The van der Waals surface area contributed by atoms with Gasteiger partial charge in [0, 0.05) is 10.0 Å². The Morgan fingerprint density at radius 1 is 0.727 bits per heavy atom. The molecule has 0 unspecified atom stereocenters. The highest BCUT2D eigenvalue weighted by Crippen LogP contribution is 2.44. The molecule has 0 aliphatic heterocycles. The first kappa shape index (κ1) is 18.2. The molecule has 0 amide bonds. The topological polar surface area (TPSA) is 34.1 Å². The first-order chi connectivity index (χ1) is 10.1. The van der Waals surface area contributed by atoms with E-state index < -0.39 is 18.2 Å². The maximum absolute atomic E-state index is 12.7. The van der Waals surface area contributed by atoms with Crippen LogP contribution in [-0.2, 0) is 9.84 Å². The van der Waals surface area contributed by atoms with Crippen LogP contribution in [0.3, 0.4) is 0 Å². The third-order valence-electron chi connectivity index (χ3n) is 2.98. The Bertz CT molecular complexity index is 704. The Morgan fingerprint density at radius 3 is 1.32 bits per heavy atom. The molecule has 118 valence electrons. The first-order valence-corrected chi connectivity index (χ1v) is 9.37. The molecular formula is C14H9Cl5O2S. The molecule has 2 aromatic carbocycles. The molecule has 0 bridgehead atoms. The summed E-state index contributed by atoms with van der Waals surface area (Å²) in [6.07, 6.45) is 0. The van der Waals surface area contributed by atoms with Gasteiger partial charge in [-0.3, -0.25) is 0 Å². The van der Waals surface area contributed by atoms with Crippen LogP contribution in [0.4, 0.5) is 0 Å². The van der Waals surface area contributed by atoms with Gasteiger partial charge in [0.25, 0.3) is 3.12 Å². The van der Waals surface area contributed by atoms with Gasteiger partial charge in [-0.1, -0.05) is 82.3 Å². The summed E-state index contributed by atoms with van der Waals surface area (Å²) in [7, 11) is -4.16. The van der Waals surface area contributed by atoms with Gasteiger partial charge in [-0.2, -0.15) is 0 Å². The molecule has 0 heterocycles. The highest BCUT2D eigenvalue weighted by molar-refractivity contribution is 7.97. The maximum atomic E-state index is 12.7. The lowest BCUT2D eigenvalue weighted by Gasteiger charge is -2.23. The Balaban J connectivity index is 2.65. The molecule has 0 saturated heterocycles. The zero-order valence-electron chi connectivity index (χ0n) is 10.8. The van der Waals surface area contributed by atoms with Crippen molar-refractivity contribution >= 4 is 67.8 Å². The smallest absolute Gasteiger partial charge is 0.223 e. The lowest BCUT2D eigenvalue weighted by molar-refractivity contribution is 0.589. The second-order valence-electron chi connectivity index (χ2n) is 4.47. The van der Waals surface area contributed by atoms with E-state index >= 15 is 0 Å². The van der Waals surface area contributed by atoms with E-state index in [2.05, 4.69) is 0 Å². The van der Waals surface area contributed by atoms with Crippen LogP contribution in [0.25, 0.3) is 0 Å².